The standard InChI is InChI=1S/C12H20N2O5/c1-8(6-19-10(3)16)5-14-7-12(18-4,11(14)17)13-9(2)15/h8H,5-7H2,1-4H3,(H,13,15)/t8?,12-/m1/s1. The van der Waals surface area contributed by atoms with Gasteiger partial charge in [0.2, 0.25) is 11.6 Å². The predicted molar refractivity (Wildman–Crippen MR) is 65.9 cm³/mol. The van der Waals surface area contributed by atoms with Crippen molar-refractivity contribution in [2.45, 2.75) is 26.5 Å². The summed E-state index contributed by atoms with van der Waals surface area (Å²) in [7, 11) is 1.38. The predicted octanol–water partition coefficient (Wildman–Crippen LogP) is -0.493. The van der Waals surface area contributed by atoms with Crippen LogP contribution in [0, 0.1) is 5.92 Å². The second-order valence-corrected chi connectivity index (χ2v) is 4.81. The Hall–Kier alpha value is -1.63. The summed E-state index contributed by atoms with van der Waals surface area (Å²) < 4.78 is 9.97. The number of carbonyl (C=O) groups is 3. The van der Waals surface area contributed by atoms with E-state index in [4.69, 9.17) is 9.47 Å². The van der Waals surface area contributed by atoms with Crippen LogP contribution in [-0.2, 0) is 23.9 Å². The molecular weight excluding hydrogens is 252 g/mol. The third-order valence-corrected chi connectivity index (χ3v) is 2.88. The van der Waals surface area contributed by atoms with Crippen LogP contribution in [0.15, 0.2) is 0 Å². The quantitative estimate of drug-likeness (QED) is 0.400. The van der Waals surface area contributed by atoms with Gasteiger partial charge in [-0.1, -0.05) is 6.92 Å². The van der Waals surface area contributed by atoms with Gasteiger partial charge >= 0.3 is 5.97 Å². The van der Waals surface area contributed by atoms with E-state index in [0.29, 0.717) is 13.1 Å². The number of methoxy groups -OCH3 is 1. The van der Waals surface area contributed by atoms with Crippen LogP contribution in [0.1, 0.15) is 20.8 Å². The monoisotopic (exact) mass is 272 g/mol. The van der Waals surface area contributed by atoms with Gasteiger partial charge in [-0.05, 0) is 0 Å². The average Bonchev–Trinajstić information content (AvgIpc) is 2.33. The molecule has 19 heavy (non-hydrogen) atoms. The summed E-state index contributed by atoms with van der Waals surface area (Å²) in [4.78, 5) is 35.3. The van der Waals surface area contributed by atoms with Crippen LogP contribution in [0.3, 0.4) is 0 Å². The number of esters is 1. The van der Waals surface area contributed by atoms with Crippen LogP contribution in [0.2, 0.25) is 0 Å². The Bertz CT molecular complexity index is 384. The number of hydrogen-bond acceptors (Lipinski definition) is 5. The lowest BCUT2D eigenvalue weighted by Crippen LogP contribution is -2.75. The third kappa shape index (κ3) is 3.66. The molecule has 7 nitrogen and oxygen atoms in total. The summed E-state index contributed by atoms with van der Waals surface area (Å²) >= 11 is 0. The number of hydrogen-bond donors (Lipinski definition) is 1. The molecule has 108 valence electrons. The first-order valence-corrected chi connectivity index (χ1v) is 6.07. The molecule has 7 heteroatoms. The molecule has 1 N–H and O–H groups in total. The fraction of sp³-hybridized carbons (Fsp3) is 0.750. The molecule has 0 aromatic rings. The minimum absolute atomic E-state index is 0.0278. The molecule has 0 bridgehead atoms. The molecule has 2 atom stereocenters. The van der Waals surface area contributed by atoms with Gasteiger partial charge in [0.05, 0.1) is 13.2 Å². The first kappa shape index (κ1) is 15.4. The first-order valence-electron chi connectivity index (χ1n) is 6.07. The van der Waals surface area contributed by atoms with Crippen molar-refractivity contribution >= 4 is 17.8 Å². The Balaban J connectivity index is 2.46. The lowest BCUT2D eigenvalue weighted by molar-refractivity contribution is -0.191. The van der Waals surface area contributed by atoms with Crippen molar-refractivity contribution in [2.24, 2.45) is 5.92 Å². The van der Waals surface area contributed by atoms with Crippen molar-refractivity contribution < 1.29 is 23.9 Å². The Morgan fingerprint density at radius 2 is 2.11 bits per heavy atom. The summed E-state index contributed by atoms with van der Waals surface area (Å²) in [6.07, 6.45) is 0. The van der Waals surface area contributed by atoms with E-state index >= 15 is 0 Å². The van der Waals surface area contributed by atoms with Crippen LogP contribution in [0.4, 0.5) is 0 Å². The zero-order valence-electron chi connectivity index (χ0n) is 11.7. The Kier molecular flexibility index (Phi) is 4.88. The van der Waals surface area contributed by atoms with Gasteiger partial charge in [0.1, 0.15) is 0 Å². The van der Waals surface area contributed by atoms with Crippen molar-refractivity contribution in [3.63, 3.8) is 0 Å². The van der Waals surface area contributed by atoms with Crippen molar-refractivity contribution in [1.29, 1.82) is 0 Å². The highest BCUT2D eigenvalue weighted by Gasteiger charge is 2.53. The van der Waals surface area contributed by atoms with Gasteiger partial charge < -0.3 is 19.7 Å². The average molecular weight is 272 g/mol. The molecule has 0 aromatic carbocycles. The van der Waals surface area contributed by atoms with E-state index in [1.54, 1.807) is 4.90 Å². The van der Waals surface area contributed by atoms with Gasteiger partial charge in [0, 0.05) is 33.4 Å². The number of nitrogens with zero attached hydrogens (tertiary/aromatic N) is 1. The second-order valence-electron chi connectivity index (χ2n) is 4.81. The number of carbonyl (C=O) groups excluding carboxylic acids is 3. The fourth-order valence-corrected chi connectivity index (χ4v) is 1.99. The van der Waals surface area contributed by atoms with Gasteiger partial charge in [0.25, 0.3) is 5.91 Å². The molecule has 2 amide bonds. The molecule has 0 aliphatic carbocycles. The van der Waals surface area contributed by atoms with Gasteiger partial charge in [-0.15, -0.1) is 0 Å². The zero-order chi connectivity index (χ0) is 14.6. The summed E-state index contributed by atoms with van der Waals surface area (Å²) in [5.41, 5.74) is -1.23. The van der Waals surface area contributed by atoms with E-state index in [0.717, 1.165) is 0 Å². The van der Waals surface area contributed by atoms with E-state index < -0.39 is 5.72 Å². The molecule has 0 saturated carbocycles. The highest BCUT2D eigenvalue weighted by Crippen LogP contribution is 2.24. The van der Waals surface area contributed by atoms with Crippen LogP contribution in [0.25, 0.3) is 0 Å². The molecular formula is C12H20N2O5. The molecule has 0 aromatic heterocycles. The SMILES string of the molecule is CO[C@]1(NC(C)=O)CN(CC(C)COC(C)=O)C1=O. The zero-order valence-corrected chi connectivity index (χ0v) is 11.7. The van der Waals surface area contributed by atoms with Gasteiger partial charge in [0.15, 0.2) is 0 Å². The number of rotatable bonds is 6. The Labute approximate surface area is 112 Å². The van der Waals surface area contributed by atoms with E-state index in [-0.39, 0.29) is 30.3 Å². The van der Waals surface area contributed by atoms with E-state index in [9.17, 15) is 14.4 Å². The van der Waals surface area contributed by atoms with Gasteiger partial charge in [-0.3, -0.25) is 14.4 Å². The molecule has 1 saturated heterocycles. The lowest BCUT2D eigenvalue weighted by atomic mass is 10.00. The highest BCUT2D eigenvalue weighted by atomic mass is 16.5. The third-order valence-electron chi connectivity index (χ3n) is 2.88. The van der Waals surface area contributed by atoms with Crippen molar-refractivity contribution in [2.75, 3.05) is 26.8 Å². The Morgan fingerprint density at radius 3 is 2.53 bits per heavy atom. The number of β-lactam (4-membered cyclic amide) rings is 1. The fourth-order valence-electron chi connectivity index (χ4n) is 1.99. The van der Waals surface area contributed by atoms with E-state index in [1.807, 2.05) is 6.92 Å². The van der Waals surface area contributed by atoms with Crippen molar-refractivity contribution in [3.8, 4) is 0 Å². The van der Waals surface area contributed by atoms with Crippen molar-refractivity contribution in [3.05, 3.63) is 0 Å². The molecule has 1 heterocycles. The summed E-state index contributed by atoms with van der Waals surface area (Å²) in [5, 5.41) is 2.51. The topological polar surface area (TPSA) is 84.9 Å². The number of likely N-dealkylation sites (tertiary alicyclic amines) is 1. The van der Waals surface area contributed by atoms with Gasteiger partial charge in [-0.25, -0.2) is 0 Å². The molecule has 1 rings (SSSR count). The largest absolute Gasteiger partial charge is 0.466 e. The minimum atomic E-state index is -1.23. The van der Waals surface area contributed by atoms with Crippen LogP contribution < -0.4 is 5.32 Å². The van der Waals surface area contributed by atoms with Gasteiger partial charge in [-0.2, -0.15) is 0 Å². The molecule has 1 aliphatic rings. The molecule has 0 radical (unpaired) electrons. The molecule has 1 aliphatic heterocycles. The Morgan fingerprint density at radius 1 is 1.47 bits per heavy atom. The number of ether oxygens (including phenoxy) is 2. The maximum absolute atomic E-state index is 12.0. The molecule has 1 fully saturated rings. The first-order chi connectivity index (χ1) is 8.80. The number of amides is 2. The molecule has 0 spiro atoms. The second kappa shape index (κ2) is 6.01. The van der Waals surface area contributed by atoms with E-state index in [2.05, 4.69) is 5.32 Å². The van der Waals surface area contributed by atoms with Crippen LogP contribution in [0.5, 0.6) is 0 Å². The highest BCUT2D eigenvalue weighted by molar-refractivity contribution is 5.94. The molecule has 1 unspecified atom stereocenters. The van der Waals surface area contributed by atoms with Crippen LogP contribution in [-0.4, -0.2) is 55.2 Å². The van der Waals surface area contributed by atoms with Crippen LogP contribution >= 0.6 is 0 Å². The minimum Gasteiger partial charge on any atom is -0.466 e. The smallest absolute Gasteiger partial charge is 0.302 e. The maximum atomic E-state index is 12.0. The van der Waals surface area contributed by atoms with Crippen molar-refractivity contribution in [1.82, 2.24) is 10.2 Å². The number of nitrogens with one attached hydrogen (secondary N) is 1. The summed E-state index contributed by atoms with van der Waals surface area (Å²) in [5.74, 6) is -0.908. The summed E-state index contributed by atoms with van der Waals surface area (Å²) in [6.45, 7) is 5.57. The lowest BCUT2D eigenvalue weighted by Gasteiger charge is -2.48. The normalized spacial score (nSPS) is 23.6. The van der Waals surface area contributed by atoms with E-state index in [1.165, 1.54) is 21.0 Å². The summed E-state index contributed by atoms with van der Waals surface area (Å²) in [6, 6.07) is 0. The maximum Gasteiger partial charge on any atom is 0.302 e.